The SMILES string of the molecule is O=C(Nc1cnc2ccccc2c1)c1nnn(-c2ccc(Br)cc2)c1C1CC1. The summed E-state index contributed by atoms with van der Waals surface area (Å²) >= 11 is 3.45. The second kappa shape index (κ2) is 6.83. The molecule has 0 aliphatic heterocycles. The summed E-state index contributed by atoms with van der Waals surface area (Å²) in [5.41, 5.74) is 3.67. The summed E-state index contributed by atoms with van der Waals surface area (Å²) in [5.74, 6) is 0.0523. The van der Waals surface area contributed by atoms with Crippen LogP contribution in [-0.2, 0) is 0 Å². The fourth-order valence-corrected chi connectivity index (χ4v) is 3.54. The van der Waals surface area contributed by atoms with E-state index in [9.17, 15) is 4.79 Å². The maximum Gasteiger partial charge on any atom is 0.278 e. The highest BCUT2D eigenvalue weighted by Crippen LogP contribution is 2.42. The third-order valence-corrected chi connectivity index (χ3v) is 5.33. The molecule has 1 aliphatic carbocycles. The normalized spacial score (nSPS) is 13.6. The standard InChI is InChI=1S/C21H16BrN5O/c22-15-7-9-17(10-8-15)27-20(13-5-6-13)19(25-26-27)21(28)24-16-11-14-3-1-2-4-18(14)23-12-16/h1-4,7-13H,5-6H2,(H,24,28). The van der Waals surface area contributed by atoms with Crippen LogP contribution >= 0.6 is 15.9 Å². The van der Waals surface area contributed by atoms with E-state index in [1.807, 2.05) is 54.6 Å². The zero-order chi connectivity index (χ0) is 19.1. The Morgan fingerprint density at radius 2 is 1.89 bits per heavy atom. The first kappa shape index (κ1) is 17.1. The molecule has 1 saturated carbocycles. The number of hydrogen-bond acceptors (Lipinski definition) is 4. The van der Waals surface area contributed by atoms with Gasteiger partial charge in [0.2, 0.25) is 0 Å². The van der Waals surface area contributed by atoms with E-state index in [1.165, 1.54) is 0 Å². The van der Waals surface area contributed by atoms with Crippen molar-refractivity contribution < 1.29 is 4.79 Å². The second-order valence-corrected chi connectivity index (χ2v) is 7.77. The molecule has 0 radical (unpaired) electrons. The van der Waals surface area contributed by atoms with Crippen LogP contribution in [0, 0.1) is 0 Å². The molecule has 4 aromatic rings. The van der Waals surface area contributed by atoms with Gasteiger partial charge in [-0.3, -0.25) is 9.78 Å². The van der Waals surface area contributed by atoms with Gasteiger partial charge in [-0.05, 0) is 49.2 Å². The molecule has 1 aliphatic rings. The third-order valence-electron chi connectivity index (χ3n) is 4.80. The smallest absolute Gasteiger partial charge is 0.278 e. The van der Waals surface area contributed by atoms with Crippen LogP contribution < -0.4 is 5.32 Å². The number of nitrogens with one attached hydrogen (secondary N) is 1. The lowest BCUT2D eigenvalue weighted by atomic mass is 10.2. The Labute approximate surface area is 169 Å². The number of pyridine rings is 1. The highest BCUT2D eigenvalue weighted by molar-refractivity contribution is 9.10. The third kappa shape index (κ3) is 3.18. The average molecular weight is 434 g/mol. The van der Waals surface area contributed by atoms with E-state index in [1.54, 1.807) is 10.9 Å². The molecule has 2 aromatic heterocycles. The number of rotatable bonds is 4. The molecule has 1 amide bonds. The van der Waals surface area contributed by atoms with Gasteiger partial charge in [-0.2, -0.15) is 0 Å². The van der Waals surface area contributed by atoms with Crippen LogP contribution in [0.25, 0.3) is 16.6 Å². The van der Waals surface area contributed by atoms with Crippen molar-refractivity contribution in [3.8, 4) is 5.69 Å². The fraction of sp³-hybridized carbons (Fsp3) is 0.143. The van der Waals surface area contributed by atoms with Gasteiger partial charge < -0.3 is 5.32 Å². The van der Waals surface area contributed by atoms with Crippen molar-refractivity contribution >= 4 is 38.4 Å². The summed E-state index contributed by atoms with van der Waals surface area (Å²) < 4.78 is 2.77. The van der Waals surface area contributed by atoms with Gasteiger partial charge in [-0.25, -0.2) is 4.68 Å². The number of aromatic nitrogens is 4. The van der Waals surface area contributed by atoms with E-state index in [4.69, 9.17) is 0 Å². The van der Waals surface area contributed by atoms with Crippen LogP contribution in [-0.4, -0.2) is 25.9 Å². The molecule has 0 spiro atoms. The van der Waals surface area contributed by atoms with Crippen LogP contribution in [0.2, 0.25) is 0 Å². The summed E-state index contributed by atoms with van der Waals surface area (Å²) in [6, 6.07) is 17.5. The number of fused-ring (bicyclic) bond motifs is 1. The molecular weight excluding hydrogens is 418 g/mol. The Hall–Kier alpha value is -3.06. The minimum Gasteiger partial charge on any atom is -0.319 e. The largest absolute Gasteiger partial charge is 0.319 e. The molecule has 138 valence electrons. The molecule has 0 saturated heterocycles. The molecule has 7 heteroatoms. The van der Waals surface area contributed by atoms with Crippen molar-refractivity contribution in [1.29, 1.82) is 0 Å². The molecule has 0 atom stereocenters. The van der Waals surface area contributed by atoms with E-state index in [0.717, 1.165) is 39.6 Å². The Morgan fingerprint density at radius 1 is 1.11 bits per heavy atom. The lowest BCUT2D eigenvalue weighted by molar-refractivity contribution is 0.102. The number of carbonyl (C=O) groups is 1. The van der Waals surface area contributed by atoms with Crippen molar-refractivity contribution in [2.75, 3.05) is 5.32 Å². The summed E-state index contributed by atoms with van der Waals surface area (Å²) in [7, 11) is 0. The molecule has 0 bridgehead atoms. The minimum atomic E-state index is -0.262. The van der Waals surface area contributed by atoms with Crippen molar-refractivity contribution in [3.05, 3.63) is 76.7 Å². The number of nitrogens with zero attached hydrogens (tertiary/aromatic N) is 4. The van der Waals surface area contributed by atoms with Gasteiger partial charge in [0.05, 0.1) is 28.8 Å². The fourth-order valence-electron chi connectivity index (χ4n) is 3.28. The lowest BCUT2D eigenvalue weighted by Crippen LogP contribution is -2.15. The summed E-state index contributed by atoms with van der Waals surface area (Å²) in [5, 5.41) is 12.4. The van der Waals surface area contributed by atoms with Crippen LogP contribution in [0.3, 0.4) is 0 Å². The number of para-hydroxylation sites is 1. The minimum absolute atomic E-state index is 0.262. The average Bonchev–Trinajstić information content (AvgIpc) is 3.46. The van der Waals surface area contributed by atoms with Crippen molar-refractivity contribution in [3.63, 3.8) is 0 Å². The predicted molar refractivity (Wildman–Crippen MR) is 111 cm³/mol. The van der Waals surface area contributed by atoms with E-state index in [2.05, 4.69) is 36.5 Å². The van der Waals surface area contributed by atoms with Gasteiger partial charge in [0.15, 0.2) is 5.69 Å². The van der Waals surface area contributed by atoms with Crippen molar-refractivity contribution in [2.24, 2.45) is 0 Å². The van der Waals surface area contributed by atoms with Gasteiger partial charge in [0.1, 0.15) is 0 Å². The summed E-state index contributed by atoms with van der Waals surface area (Å²) in [4.78, 5) is 17.3. The first-order chi connectivity index (χ1) is 13.7. The zero-order valence-corrected chi connectivity index (χ0v) is 16.4. The van der Waals surface area contributed by atoms with Gasteiger partial charge in [0, 0.05) is 15.8 Å². The molecule has 2 aromatic carbocycles. The Kier molecular flexibility index (Phi) is 4.16. The second-order valence-electron chi connectivity index (χ2n) is 6.86. The van der Waals surface area contributed by atoms with Gasteiger partial charge in [-0.1, -0.05) is 39.3 Å². The van der Waals surface area contributed by atoms with Crippen LogP contribution in [0.15, 0.2) is 65.3 Å². The van der Waals surface area contributed by atoms with Crippen molar-refractivity contribution in [2.45, 2.75) is 18.8 Å². The number of hydrogen-bond donors (Lipinski definition) is 1. The maximum atomic E-state index is 12.9. The maximum absolute atomic E-state index is 12.9. The van der Waals surface area contributed by atoms with Crippen molar-refractivity contribution in [1.82, 2.24) is 20.0 Å². The molecule has 1 N–H and O–H groups in total. The van der Waals surface area contributed by atoms with Crippen LogP contribution in [0.4, 0.5) is 5.69 Å². The molecule has 0 unspecified atom stereocenters. The molecule has 6 nitrogen and oxygen atoms in total. The lowest BCUT2D eigenvalue weighted by Gasteiger charge is -2.08. The first-order valence-corrected chi connectivity index (χ1v) is 9.86. The Morgan fingerprint density at radius 3 is 2.68 bits per heavy atom. The summed E-state index contributed by atoms with van der Waals surface area (Å²) in [6.45, 7) is 0. The molecule has 1 fully saturated rings. The predicted octanol–water partition coefficient (Wildman–Crippen LogP) is 4.71. The number of benzene rings is 2. The van der Waals surface area contributed by atoms with Crippen LogP contribution in [0.5, 0.6) is 0 Å². The quantitative estimate of drug-likeness (QED) is 0.505. The van der Waals surface area contributed by atoms with Gasteiger partial charge in [-0.15, -0.1) is 5.10 Å². The highest BCUT2D eigenvalue weighted by Gasteiger charge is 2.34. The molecule has 2 heterocycles. The highest BCUT2D eigenvalue weighted by atomic mass is 79.9. The Bertz CT molecular complexity index is 1180. The first-order valence-electron chi connectivity index (χ1n) is 9.07. The van der Waals surface area contributed by atoms with E-state index < -0.39 is 0 Å². The molecular formula is C21H16BrN5O. The number of anilines is 1. The molecule has 5 rings (SSSR count). The topological polar surface area (TPSA) is 72.7 Å². The number of amides is 1. The number of halogens is 1. The summed E-state index contributed by atoms with van der Waals surface area (Å²) in [6.07, 6.45) is 3.75. The van der Waals surface area contributed by atoms with Crippen LogP contribution in [0.1, 0.15) is 34.9 Å². The Balaban J connectivity index is 1.48. The van der Waals surface area contributed by atoms with Gasteiger partial charge in [0.25, 0.3) is 5.91 Å². The number of carbonyl (C=O) groups excluding carboxylic acids is 1. The zero-order valence-electron chi connectivity index (χ0n) is 14.8. The van der Waals surface area contributed by atoms with E-state index in [0.29, 0.717) is 17.3 Å². The van der Waals surface area contributed by atoms with E-state index >= 15 is 0 Å². The van der Waals surface area contributed by atoms with Gasteiger partial charge >= 0.3 is 0 Å². The van der Waals surface area contributed by atoms with E-state index in [-0.39, 0.29) is 5.91 Å². The molecule has 28 heavy (non-hydrogen) atoms. The monoisotopic (exact) mass is 433 g/mol.